The lowest BCUT2D eigenvalue weighted by Crippen LogP contribution is -2.28. The maximum atomic E-state index is 12.3. The second-order valence-electron chi connectivity index (χ2n) is 4.77. The van der Waals surface area contributed by atoms with Gasteiger partial charge in [-0.3, -0.25) is 0 Å². The molecule has 0 radical (unpaired) electrons. The van der Waals surface area contributed by atoms with E-state index in [9.17, 15) is 8.42 Å². The molecule has 0 fully saturated rings. The van der Waals surface area contributed by atoms with E-state index >= 15 is 0 Å². The topological polar surface area (TPSA) is 63.4 Å². The molecule has 0 spiro atoms. The molecule has 18 heavy (non-hydrogen) atoms. The van der Waals surface area contributed by atoms with E-state index in [1.807, 2.05) is 6.07 Å². The van der Waals surface area contributed by atoms with Crippen LogP contribution in [0.1, 0.15) is 25.1 Å². The van der Waals surface area contributed by atoms with Crippen molar-refractivity contribution in [3.63, 3.8) is 0 Å². The van der Waals surface area contributed by atoms with Gasteiger partial charge in [-0.2, -0.15) is 0 Å². The molecule has 1 heterocycles. The summed E-state index contributed by atoms with van der Waals surface area (Å²) in [6.07, 6.45) is 1.60. The van der Waals surface area contributed by atoms with Crippen LogP contribution in [0.15, 0.2) is 16.3 Å². The van der Waals surface area contributed by atoms with Crippen LogP contribution >= 0.6 is 11.3 Å². The first-order valence-electron chi connectivity index (χ1n) is 6.13. The molecule has 0 aliphatic rings. The third kappa shape index (κ3) is 4.05. The van der Waals surface area contributed by atoms with Crippen LogP contribution in [0.2, 0.25) is 0 Å². The average molecular weight is 290 g/mol. The Kier molecular flexibility index (Phi) is 5.78. The summed E-state index contributed by atoms with van der Waals surface area (Å²) in [5, 5.41) is 0. The lowest BCUT2D eigenvalue weighted by molar-refractivity contribution is 0.429. The molecule has 4 nitrogen and oxygen atoms in total. The fourth-order valence-electron chi connectivity index (χ4n) is 1.49. The van der Waals surface area contributed by atoms with Crippen LogP contribution in [0.3, 0.4) is 0 Å². The summed E-state index contributed by atoms with van der Waals surface area (Å²) in [7, 11) is -1.68. The van der Waals surface area contributed by atoms with Gasteiger partial charge in [0.2, 0.25) is 0 Å². The van der Waals surface area contributed by atoms with E-state index < -0.39 is 10.0 Å². The van der Waals surface area contributed by atoms with Gasteiger partial charge in [0.05, 0.1) is 0 Å². The zero-order chi connectivity index (χ0) is 13.8. The van der Waals surface area contributed by atoms with E-state index in [1.54, 1.807) is 13.1 Å². The minimum atomic E-state index is -3.32. The highest BCUT2D eigenvalue weighted by molar-refractivity contribution is 7.91. The Morgan fingerprint density at radius 2 is 2.06 bits per heavy atom. The molecule has 6 heteroatoms. The molecule has 0 aliphatic carbocycles. The molecule has 0 unspecified atom stereocenters. The highest BCUT2D eigenvalue weighted by Crippen LogP contribution is 2.24. The minimum Gasteiger partial charge on any atom is -0.330 e. The zero-order valence-corrected chi connectivity index (χ0v) is 12.9. The van der Waals surface area contributed by atoms with Gasteiger partial charge >= 0.3 is 0 Å². The van der Waals surface area contributed by atoms with Gasteiger partial charge in [-0.05, 0) is 37.4 Å². The van der Waals surface area contributed by atoms with E-state index in [4.69, 9.17) is 5.73 Å². The standard InChI is InChI=1S/C12H22N2O2S2/c1-10(2)7-9-14(3)18(15,16)12-5-4-11(17-12)6-8-13/h4-5,10H,6-9,13H2,1-3H3. The van der Waals surface area contributed by atoms with Crippen LogP contribution in [0.4, 0.5) is 0 Å². The summed E-state index contributed by atoms with van der Waals surface area (Å²) in [5.74, 6) is 0.499. The molecule has 2 N–H and O–H groups in total. The van der Waals surface area contributed by atoms with Crippen LogP contribution in [0.5, 0.6) is 0 Å². The third-order valence-electron chi connectivity index (χ3n) is 2.71. The number of thiophene rings is 1. The van der Waals surface area contributed by atoms with Crippen LogP contribution < -0.4 is 5.73 Å². The highest BCUT2D eigenvalue weighted by Gasteiger charge is 2.22. The molecule has 1 aromatic rings. The van der Waals surface area contributed by atoms with Gasteiger partial charge in [0.15, 0.2) is 0 Å². The first kappa shape index (κ1) is 15.6. The number of hydrogen-bond acceptors (Lipinski definition) is 4. The van der Waals surface area contributed by atoms with Gasteiger partial charge < -0.3 is 5.73 Å². The Morgan fingerprint density at radius 3 is 2.61 bits per heavy atom. The second-order valence-corrected chi connectivity index (χ2v) is 8.21. The van der Waals surface area contributed by atoms with Crippen LogP contribution in [-0.4, -0.2) is 32.9 Å². The van der Waals surface area contributed by atoms with Crippen molar-refractivity contribution in [1.82, 2.24) is 4.31 Å². The largest absolute Gasteiger partial charge is 0.330 e. The SMILES string of the molecule is CC(C)CCN(C)S(=O)(=O)c1ccc(CCN)s1. The van der Waals surface area contributed by atoms with Crippen molar-refractivity contribution in [3.8, 4) is 0 Å². The van der Waals surface area contributed by atoms with Crippen molar-refractivity contribution in [2.75, 3.05) is 20.1 Å². The smallest absolute Gasteiger partial charge is 0.252 e. The van der Waals surface area contributed by atoms with Gasteiger partial charge in [0.25, 0.3) is 10.0 Å². The molecule has 0 bridgehead atoms. The van der Waals surface area contributed by atoms with Gasteiger partial charge in [0, 0.05) is 18.5 Å². The van der Waals surface area contributed by atoms with Crippen molar-refractivity contribution in [2.45, 2.75) is 30.9 Å². The van der Waals surface area contributed by atoms with Gasteiger partial charge in [0.1, 0.15) is 4.21 Å². The fourth-order valence-corrected chi connectivity index (χ4v) is 4.25. The summed E-state index contributed by atoms with van der Waals surface area (Å²) in [6, 6.07) is 3.53. The quantitative estimate of drug-likeness (QED) is 0.834. The molecular formula is C12H22N2O2S2. The lowest BCUT2D eigenvalue weighted by Gasteiger charge is -2.16. The number of rotatable bonds is 7. The van der Waals surface area contributed by atoms with Crippen molar-refractivity contribution in [2.24, 2.45) is 11.7 Å². The number of nitrogens with zero attached hydrogens (tertiary/aromatic N) is 1. The first-order chi connectivity index (χ1) is 8.37. The summed E-state index contributed by atoms with van der Waals surface area (Å²) in [5.41, 5.74) is 5.47. The third-order valence-corrected chi connectivity index (χ3v) is 6.18. The first-order valence-corrected chi connectivity index (χ1v) is 8.38. The van der Waals surface area contributed by atoms with E-state index in [2.05, 4.69) is 13.8 Å². The van der Waals surface area contributed by atoms with E-state index in [0.717, 1.165) is 17.7 Å². The molecule has 0 aromatic carbocycles. The maximum absolute atomic E-state index is 12.3. The van der Waals surface area contributed by atoms with Crippen molar-refractivity contribution < 1.29 is 8.42 Å². The predicted octanol–water partition coefficient (Wildman–Crippen LogP) is 1.92. The summed E-state index contributed by atoms with van der Waals surface area (Å²) in [4.78, 5) is 1.02. The van der Waals surface area contributed by atoms with Crippen molar-refractivity contribution >= 4 is 21.4 Å². The Labute approximate surface area is 114 Å². The lowest BCUT2D eigenvalue weighted by atomic mass is 10.1. The summed E-state index contributed by atoms with van der Waals surface area (Å²) in [6.45, 7) is 5.28. The molecule has 1 aromatic heterocycles. The number of hydrogen-bond donors (Lipinski definition) is 1. The summed E-state index contributed by atoms with van der Waals surface area (Å²) < 4.78 is 26.4. The molecule has 0 amide bonds. The second kappa shape index (κ2) is 6.65. The molecule has 0 saturated carbocycles. The van der Waals surface area contributed by atoms with Gasteiger partial charge in [-0.15, -0.1) is 11.3 Å². The highest BCUT2D eigenvalue weighted by atomic mass is 32.2. The van der Waals surface area contributed by atoms with Gasteiger partial charge in [-0.25, -0.2) is 12.7 Å². The van der Waals surface area contributed by atoms with Crippen LogP contribution in [-0.2, 0) is 16.4 Å². The van der Waals surface area contributed by atoms with E-state index in [-0.39, 0.29) is 0 Å². The van der Waals surface area contributed by atoms with Gasteiger partial charge in [-0.1, -0.05) is 13.8 Å². The molecular weight excluding hydrogens is 268 g/mol. The fraction of sp³-hybridized carbons (Fsp3) is 0.667. The molecule has 104 valence electrons. The van der Waals surface area contributed by atoms with Crippen molar-refractivity contribution in [1.29, 1.82) is 0 Å². The molecule has 1 rings (SSSR count). The van der Waals surface area contributed by atoms with E-state index in [0.29, 0.717) is 23.2 Å². The van der Waals surface area contributed by atoms with Crippen molar-refractivity contribution in [3.05, 3.63) is 17.0 Å². The Hall–Kier alpha value is -0.430. The number of nitrogens with two attached hydrogens (primary N) is 1. The molecule has 0 saturated heterocycles. The normalized spacial score (nSPS) is 12.6. The monoisotopic (exact) mass is 290 g/mol. The summed E-state index contributed by atoms with van der Waals surface area (Å²) >= 11 is 1.32. The Balaban J connectivity index is 2.77. The predicted molar refractivity (Wildman–Crippen MR) is 76.3 cm³/mol. The van der Waals surface area contributed by atoms with Crippen LogP contribution in [0, 0.1) is 5.92 Å². The van der Waals surface area contributed by atoms with E-state index in [1.165, 1.54) is 15.6 Å². The number of sulfonamides is 1. The minimum absolute atomic E-state index is 0.414. The Morgan fingerprint density at radius 1 is 1.39 bits per heavy atom. The molecule has 0 atom stereocenters. The average Bonchev–Trinajstić information content (AvgIpc) is 2.75. The van der Waals surface area contributed by atoms with Crippen LogP contribution in [0.25, 0.3) is 0 Å². The molecule has 0 aliphatic heterocycles. The zero-order valence-electron chi connectivity index (χ0n) is 11.2. The maximum Gasteiger partial charge on any atom is 0.252 e. The Bertz CT molecular complexity index is 466.